The zero-order valence-corrected chi connectivity index (χ0v) is 16.9. The van der Waals surface area contributed by atoms with Gasteiger partial charge in [0.1, 0.15) is 11.6 Å². The van der Waals surface area contributed by atoms with Gasteiger partial charge in [-0.1, -0.05) is 6.92 Å². The quantitative estimate of drug-likeness (QED) is 0.773. The van der Waals surface area contributed by atoms with Gasteiger partial charge in [0.15, 0.2) is 0 Å². The lowest BCUT2D eigenvalue weighted by Gasteiger charge is -2.24. The van der Waals surface area contributed by atoms with Crippen molar-refractivity contribution in [2.75, 3.05) is 36.4 Å². The number of nitrogens with one attached hydrogen (secondary N) is 2. The van der Waals surface area contributed by atoms with Crippen LogP contribution in [-0.2, 0) is 14.6 Å². The van der Waals surface area contributed by atoms with E-state index in [1.54, 1.807) is 19.1 Å². The predicted octanol–water partition coefficient (Wildman–Crippen LogP) is 2.95. The second-order valence-electron chi connectivity index (χ2n) is 6.78. The molecule has 0 atom stereocenters. The number of carbonyl (C=O) groups excluding carboxylic acids is 1. The summed E-state index contributed by atoms with van der Waals surface area (Å²) in [7, 11) is -4.25. The molecule has 1 aliphatic rings. The lowest BCUT2D eigenvalue weighted by Crippen LogP contribution is -2.28. The summed E-state index contributed by atoms with van der Waals surface area (Å²) in [5, 5.41) is 5.90. The van der Waals surface area contributed by atoms with Crippen molar-refractivity contribution in [2.45, 2.75) is 29.6 Å². The molecule has 1 fully saturated rings. The van der Waals surface area contributed by atoms with Crippen molar-refractivity contribution < 1.29 is 22.0 Å². The second-order valence-corrected chi connectivity index (χ2v) is 8.70. The van der Waals surface area contributed by atoms with E-state index >= 15 is 0 Å². The molecule has 0 aliphatic carbocycles. The van der Waals surface area contributed by atoms with Crippen LogP contribution in [0.4, 0.5) is 20.2 Å². The van der Waals surface area contributed by atoms with E-state index in [1.807, 2.05) is 0 Å². The number of hydrogen-bond acceptors (Lipinski definition) is 5. The number of halogens is 2. The smallest absolute Gasteiger partial charge is 0.224 e. The monoisotopic (exact) mass is 423 g/mol. The largest absolute Gasteiger partial charge is 0.370 e. The summed E-state index contributed by atoms with van der Waals surface area (Å²) in [5.74, 6) is -2.34. The van der Waals surface area contributed by atoms with Gasteiger partial charge < -0.3 is 15.5 Å². The molecule has 1 saturated heterocycles. The highest BCUT2D eigenvalue weighted by Gasteiger charge is 2.25. The zero-order valence-electron chi connectivity index (χ0n) is 16.0. The minimum Gasteiger partial charge on any atom is -0.370 e. The first-order chi connectivity index (χ1) is 13.8. The van der Waals surface area contributed by atoms with Crippen molar-refractivity contribution in [3.05, 3.63) is 48.0 Å². The number of hydrogen-bond donors (Lipinski definition) is 2. The van der Waals surface area contributed by atoms with Gasteiger partial charge in [-0.15, -0.1) is 0 Å². The van der Waals surface area contributed by atoms with Crippen molar-refractivity contribution in [3.63, 3.8) is 0 Å². The maximum Gasteiger partial charge on any atom is 0.224 e. The van der Waals surface area contributed by atoms with E-state index in [0.717, 1.165) is 50.4 Å². The van der Waals surface area contributed by atoms with E-state index in [1.165, 1.54) is 6.07 Å². The summed E-state index contributed by atoms with van der Waals surface area (Å²) in [4.78, 5) is 13.4. The molecule has 156 valence electrons. The number of benzene rings is 2. The summed E-state index contributed by atoms with van der Waals surface area (Å²) < 4.78 is 53.3. The Kier molecular flexibility index (Phi) is 6.49. The molecule has 3 rings (SSSR count). The SMILES string of the molecule is CCC(=O)Nc1cc(N2CCCNCC2)ccc1S(=O)(=O)c1cc(F)cc(F)c1. The average Bonchev–Trinajstić information content (AvgIpc) is 2.96. The molecule has 29 heavy (non-hydrogen) atoms. The molecule has 2 N–H and O–H groups in total. The molecule has 2 aromatic rings. The molecule has 0 bridgehead atoms. The number of rotatable bonds is 5. The van der Waals surface area contributed by atoms with Gasteiger partial charge in [-0.2, -0.15) is 0 Å². The van der Waals surface area contributed by atoms with E-state index < -0.39 is 26.4 Å². The Morgan fingerprint density at radius 3 is 2.52 bits per heavy atom. The van der Waals surface area contributed by atoms with Crippen LogP contribution < -0.4 is 15.5 Å². The number of nitrogens with zero attached hydrogens (tertiary/aromatic N) is 1. The molecule has 2 aromatic carbocycles. The minimum atomic E-state index is -4.25. The summed E-state index contributed by atoms with van der Waals surface area (Å²) in [6.07, 6.45) is 1.09. The Morgan fingerprint density at radius 2 is 1.83 bits per heavy atom. The fourth-order valence-electron chi connectivity index (χ4n) is 3.20. The van der Waals surface area contributed by atoms with Crippen LogP contribution in [0.15, 0.2) is 46.2 Å². The third-order valence-electron chi connectivity index (χ3n) is 4.70. The Balaban J connectivity index is 2.07. The van der Waals surface area contributed by atoms with Crippen molar-refractivity contribution in [3.8, 4) is 0 Å². The van der Waals surface area contributed by atoms with Crippen LogP contribution in [-0.4, -0.2) is 40.5 Å². The van der Waals surface area contributed by atoms with Crippen molar-refractivity contribution in [2.24, 2.45) is 0 Å². The maximum atomic E-state index is 13.6. The Morgan fingerprint density at radius 1 is 1.10 bits per heavy atom. The normalized spacial score (nSPS) is 15.1. The van der Waals surface area contributed by atoms with Crippen molar-refractivity contribution in [1.29, 1.82) is 0 Å². The molecule has 0 aromatic heterocycles. The first-order valence-corrected chi connectivity index (χ1v) is 10.9. The van der Waals surface area contributed by atoms with Gasteiger partial charge >= 0.3 is 0 Å². The van der Waals surface area contributed by atoms with Gasteiger partial charge in [-0.25, -0.2) is 17.2 Å². The molecule has 9 heteroatoms. The molecule has 1 aliphatic heterocycles. The molecule has 0 saturated carbocycles. The second kappa shape index (κ2) is 8.87. The van der Waals surface area contributed by atoms with Gasteiger partial charge in [0.2, 0.25) is 15.7 Å². The van der Waals surface area contributed by atoms with E-state index in [-0.39, 0.29) is 22.9 Å². The number of carbonyl (C=O) groups is 1. The lowest BCUT2D eigenvalue weighted by molar-refractivity contribution is -0.115. The molecule has 1 amide bonds. The van der Waals surface area contributed by atoms with E-state index in [2.05, 4.69) is 15.5 Å². The molecule has 1 heterocycles. The number of sulfone groups is 1. The highest BCUT2D eigenvalue weighted by molar-refractivity contribution is 7.91. The molecule has 6 nitrogen and oxygen atoms in total. The Bertz CT molecular complexity index is 984. The Hall–Kier alpha value is -2.52. The molecular weight excluding hydrogens is 400 g/mol. The van der Waals surface area contributed by atoms with Crippen LogP contribution in [0.1, 0.15) is 19.8 Å². The first-order valence-electron chi connectivity index (χ1n) is 9.42. The van der Waals surface area contributed by atoms with Crippen LogP contribution in [0, 0.1) is 11.6 Å². The molecule has 0 spiro atoms. The van der Waals surface area contributed by atoms with Crippen molar-refractivity contribution in [1.82, 2.24) is 5.32 Å². The predicted molar refractivity (Wildman–Crippen MR) is 107 cm³/mol. The van der Waals surface area contributed by atoms with Gasteiger partial charge in [-0.3, -0.25) is 4.79 Å². The van der Waals surface area contributed by atoms with Crippen molar-refractivity contribution >= 4 is 27.1 Å². The zero-order chi connectivity index (χ0) is 21.0. The lowest BCUT2D eigenvalue weighted by atomic mass is 10.2. The summed E-state index contributed by atoms with van der Waals surface area (Å²) in [5.41, 5.74) is 0.862. The highest BCUT2D eigenvalue weighted by atomic mass is 32.2. The Labute approximate surface area is 168 Å². The van der Waals surface area contributed by atoms with E-state index in [9.17, 15) is 22.0 Å². The third kappa shape index (κ3) is 4.91. The molecular formula is C20H23F2N3O3S. The fourth-order valence-corrected chi connectivity index (χ4v) is 4.64. The standard InChI is InChI=1S/C20H23F2N3O3S/c1-2-20(26)24-18-13-16(25-8-3-6-23-7-9-25)4-5-19(18)29(27,28)17-11-14(21)10-15(22)12-17/h4-5,10-13,23H,2-3,6-9H2,1H3,(H,24,26). The van der Waals surface area contributed by atoms with Gasteiger partial charge in [0.25, 0.3) is 0 Å². The van der Waals surface area contributed by atoms with Crippen LogP contribution >= 0.6 is 0 Å². The topological polar surface area (TPSA) is 78.5 Å². The maximum absolute atomic E-state index is 13.6. The summed E-state index contributed by atoms with van der Waals surface area (Å²) in [6, 6.07) is 6.75. The van der Waals surface area contributed by atoms with Gasteiger partial charge in [0, 0.05) is 37.8 Å². The van der Waals surface area contributed by atoms with Crippen LogP contribution in [0.5, 0.6) is 0 Å². The summed E-state index contributed by atoms with van der Waals surface area (Å²) >= 11 is 0. The average molecular weight is 423 g/mol. The van der Waals surface area contributed by atoms with Gasteiger partial charge in [-0.05, 0) is 43.3 Å². The van der Waals surface area contributed by atoms with Crippen LogP contribution in [0.3, 0.4) is 0 Å². The van der Waals surface area contributed by atoms with E-state index in [0.29, 0.717) is 6.07 Å². The van der Waals surface area contributed by atoms with Gasteiger partial charge in [0.05, 0.1) is 15.5 Å². The first kappa shape index (κ1) is 21.2. The minimum absolute atomic E-state index is 0.0937. The number of anilines is 2. The van der Waals surface area contributed by atoms with E-state index in [4.69, 9.17) is 0 Å². The van der Waals surface area contributed by atoms with Crippen LogP contribution in [0.2, 0.25) is 0 Å². The summed E-state index contributed by atoms with van der Waals surface area (Å²) in [6.45, 7) is 4.86. The fraction of sp³-hybridized carbons (Fsp3) is 0.350. The highest BCUT2D eigenvalue weighted by Crippen LogP contribution is 2.32. The molecule has 0 radical (unpaired) electrons. The van der Waals surface area contributed by atoms with Crippen LogP contribution in [0.25, 0.3) is 0 Å². The third-order valence-corrected chi connectivity index (χ3v) is 6.49. The number of amides is 1. The molecule has 0 unspecified atom stereocenters.